The van der Waals surface area contributed by atoms with Gasteiger partial charge in [-0.2, -0.15) is 4.31 Å². The number of carbonyl (C=O) groups is 1. The lowest BCUT2D eigenvalue weighted by molar-refractivity contribution is -0.120. The Balaban J connectivity index is 1.83. The van der Waals surface area contributed by atoms with Crippen LogP contribution in [0.25, 0.3) is 0 Å². The molecule has 0 saturated heterocycles. The number of nitrogens with one attached hydrogen (secondary N) is 1. The molecule has 1 aromatic rings. The maximum atomic E-state index is 13.4. The first kappa shape index (κ1) is 20.9. The number of hydrogen-bond acceptors (Lipinski definition) is 6. The molecule has 28 heavy (non-hydrogen) atoms. The molecule has 1 fully saturated rings. The molecule has 0 atom stereocenters. The smallest absolute Gasteiger partial charge is 0.247 e. The summed E-state index contributed by atoms with van der Waals surface area (Å²) >= 11 is 0. The Bertz CT molecular complexity index is 793. The van der Waals surface area contributed by atoms with Gasteiger partial charge in [-0.05, 0) is 32.0 Å². The van der Waals surface area contributed by atoms with E-state index in [9.17, 15) is 13.2 Å². The number of ether oxygens (including phenoxy) is 2. The normalized spacial score (nSPS) is 17.3. The van der Waals surface area contributed by atoms with Crippen LogP contribution in [0.3, 0.4) is 0 Å². The molecule has 1 saturated carbocycles. The van der Waals surface area contributed by atoms with Gasteiger partial charge in [0.25, 0.3) is 0 Å². The Morgan fingerprint density at radius 1 is 1.18 bits per heavy atom. The molecule has 8 nitrogen and oxygen atoms in total. The fourth-order valence-corrected chi connectivity index (χ4v) is 5.24. The minimum absolute atomic E-state index is 0.0390. The summed E-state index contributed by atoms with van der Waals surface area (Å²) in [6, 6.07) is 5.29. The zero-order valence-electron chi connectivity index (χ0n) is 16.5. The summed E-state index contributed by atoms with van der Waals surface area (Å²) in [5.41, 5.74) is 0. The number of carbonyl (C=O) groups excluding carboxylic acids is 1. The Labute approximate surface area is 166 Å². The van der Waals surface area contributed by atoms with E-state index < -0.39 is 10.0 Å². The van der Waals surface area contributed by atoms with Crippen molar-refractivity contribution in [1.29, 1.82) is 0 Å². The highest BCUT2D eigenvalue weighted by atomic mass is 32.2. The summed E-state index contributed by atoms with van der Waals surface area (Å²) in [5.74, 6) is 0.282. The number of fused-ring (bicyclic) bond motifs is 1. The van der Waals surface area contributed by atoms with Gasteiger partial charge >= 0.3 is 0 Å². The summed E-state index contributed by atoms with van der Waals surface area (Å²) in [7, 11) is -0.411. The number of nitrogens with zero attached hydrogens (tertiary/aromatic N) is 2. The molecular weight excluding hydrogens is 382 g/mol. The summed E-state index contributed by atoms with van der Waals surface area (Å²) in [5, 5.41) is 2.51. The van der Waals surface area contributed by atoms with E-state index in [2.05, 4.69) is 10.2 Å². The van der Waals surface area contributed by atoms with Crippen molar-refractivity contribution in [2.24, 2.45) is 0 Å². The molecule has 3 rings (SSSR count). The van der Waals surface area contributed by atoms with Gasteiger partial charge in [0.2, 0.25) is 15.9 Å². The van der Waals surface area contributed by atoms with Crippen LogP contribution in [0, 0.1) is 0 Å². The van der Waals surface area contributed by atoms with Gasteiger partial charge in [-0.1, -0.05) is 18.9 Å². The topological polar surface area (TPSA) is 88.2 Å². The van der Waals surface area contributed by atoms with E-state index >= 15 is 0 Å². The van der Waals surface area contributed by atoms with Gasteiger partial charge in [-0.3, -0.25) is 4.79 Å². The Hall–Kier alpha value is -1.84. The number of rotatable bonds is 8. The van der Waals surface area contributed by atoms with Crippen molar-refractivity contribution >= 4 is 15.9 Å². The van der Waals surface area contributed by atoms with Gasteiger partial charge < -0.3 is 19.7 Å². The molecule has 9 heteroatoms. The van der Waals surface area contributed by atoms with Crippen LogP contribution in [0.2, 0.25) is 0 Å². The first-order chi connectivity index (χ1) is 13.4. The van der Waals surface area contributed by atoms with E-state index in [1.165, 1.54) is 30.3 Å². The molecule has 0 unspecified atom stereocenters. The summed E-state index contributed by atoms with van der Waals surface area (Å²) in [4.78, 5) is 14.2. The monoisotopic (exact) mass is 411 g/mol. The maximum absolute atomic E-state index is 13.4. The van der Waals surface area contributed by atoms with Crippen LogP contribution < -0.4 is 14.8 Å². The third-order valence-corrected chi connectivity index (χ3v) is 7.27. The quantitative estimate of drug-likeness (QED) is 0.688. The molecule has 0 aromatic heterocycles. The lowest BCUT2D eigenvalue weighted by atomic mass is 10.2. The SMILES string of the molecule is CNC(=O)CN(CCN(C)C1CCCC1)S(=O)(=O)c1cccc2c1OCCO2. The van der Waals surface area contributed by atoms with Crippen molar-refractivity contribution in [3.8, 4) is 11.5 Å². The van der Waals surface area contributed by atoms with Crippen LogP contribution in [0.15, 0.2) is 23.1 Å². The van der Waals surface area contributed by atoms with Crippen molar-refractivity contribution in [3.05, 3.63) is 18.2 Å². The lowest BCUT2D eigenvalue weighted by Gasteiger charge is -2.29. The first-order valence-corrected chi connectivity index (χ1v) is 11.2. The van der Waals surface area contributed by atoms with Crippen molar-refractivity contribution < 1.29 is 22.7 Å². The van der Waals surface area contributed by atoms with Crippen LogP contribution >= 0.6 is 0 Å². The standard InChI is InChI=1S/C19H29N3O5S/c1-20-18(23)14-22(11-10-21(2)15-6-3-4-7-15)28(24,25)17-9-5-8-16-19(17)27-13-12-26-16/h5,8-9,15H,3-4,6-7,10-14H2,1-2H3,(H,20,23). The molecule has 1 aliphatic carbocycles. The number of hydrogen-bond donors (Lipinski definition) is 1. The van der Waals surface area contributed by atoms with Crippen LogP contribution in [-0.4, -0.2) is 76.5 Å². The van der Waals surface area contributed by atoms with E-state index in [-0.39, 0.29) is 29.6 Å². The summed E-state index contributed by atoms with van der Waals surface area (Å²) in [6.07, 6.45) is 4.69. The highest BCUT2D eigenvalue weighted by Gasteiger charge is 2.32. The molecule has 0 bridgehead atoms. The number of likely N-dealkylation sites (N-methyl/N-ethyl adjacent to an activating group) is 2. The number of benzene rings is 1. The molecule has 156 valence electrons. The average molecular weight is 412 g/mol. The maximum Gasteiger partial charge on any atom is 0.247 e. The molecule has 0 spiro atoms. The zero-order valence-corrected chi connectivity index (χ0v) is 17.3. The molecule has 1 heterocycles. The van der Waals surface area contributed by atoms with Gasteiger partial charge in [0, 0.05) is 26.2 Å². The fraction of sp³-hybridized carbons (Fsp3) is 0.632. The van der Waals surface area contributed by atoms with Gasteiger partial charge in [0.15, 0.2) is 11.5 Å². The van der Waals surface area contributed by atoms with Gasteiger partial charge in [-0.15, -0.1) is 0 Å². The lowest BCUT2D eigenvalue weighted by Crippen LogP contribution is -2.44. The minimum Gasteiger partial charge on any atom is -0.486 e. The minimum atomic E-state index is -3.93. The van der Waals surface area contributed by atoms with Crippen molar-refractivity contribution in [2.45, 2.75) is 36.6 Å². The highest BCUT2D eigenvalue weighted by Crippen LogP contribution is 2.37. The van der Waals surface area contributed by atoms with E-state index in [4.69, 9.17) is 9.47 Å². The van der Waals surface area contributed by atoms with Crippen LogP contribution in [0.5, 0.6) is 11.5 Å². The van der Waals surface area contributed by atoms with Gasteiger partial charge in [0.1, 0.15) is 18.1 Å². The largest absolute Gasteiger partial charge is 0.486 e. The van der Waals surface area contributed by atoms with Crippen LogP contribution in [0.4, 0.5) is 0 Å². The van der Waals surface area contributed by atoms with Gasteiger partial charge in [-0.25, -0.2) is 8.42 Å². The predicted molar refractivity (Wildman–Crippen MR) is 105 cm³/mol. The summed E-state index contributed by atoms with van der Waals surface area (Å²) < 4.78 is 39.1. The second-order valence-electron chi connectivity index (χ2n) is 7.21. The molecule has 2 aliphatic rings. The number of para-hydroxylation sites is 1. The van der Waals surface area contributed by atoms with E-state index in [0.717, 1.165) is 12.8 Å². The van der Waals surface area contributed by atoms with Gasteiger partial charge in [0.05, 0.1) is 6.54 Å². The van der Waals surface area contributed by atoms with Crippen molar-refractivity contribution in [2.75, 3.05) is 46.9 Å². The van der Waals surface area contributed by atoms with E-state index in [0.29, 0.717) is 31.5 Å². The average Bonchev–Trinajstić information content (AvgIpc) is 3.25. The summed E-state index contributed by atoms with van der Waals surface area (Å²) in [6.45, 7) is 1.23. The van der Waals surface area contributed by atoms with Crippen LogP contribution in [0.1, 0.15) is 25.7 Å². The number of amides is 1. The van der Waals surface area contributed by atoms with E-state index in [1.54, 1.807) is 12.1 Å². The Kier molecular flexibility index (Phi) is 6.79. The number of sulfonamides is 1. The Morgan fingerprint density at radius 2 is 1.89 bits per heavy atom. The van der Waals surface area contributed by atoms with Crippen molar-refractivity contribution in [3.63, 3.8) is 0 Å². The fourth-order valence-electron chi connectivity index (χ4n) is 3.71. The first-order valence-electron chi connectivity index (χ1n) is 9.73. The second-order valence-corrected chi connectivity index (χ2v) is 9.12. The second kappa shape index (κ2) is 9.11. The Morgan fingerprint density at radius 3 is 2.61 bits per heavy atom. The molecule has 1 aromatic carbocycles. The predicted octanol–water partition coefficient (Wildman–Crippen LogP) is 1.07. The molecule has 1 aliphatic heterocycles. The van der Waals surface area contributed by atoms with Crippen molar-refractivity contribution in [1.82, 2.24) is 14.5 Å². The third-order valence-electron chi connectivity index (χ3n) is 5.40. The zero-order chi connectivity index (χ0) is 20.1. The van der Waals surface area contributed by atoms with Crippen LogP contribution in [-0.2, 0) is 14.8 Å². The molecule has 1 N–H and O–H groups in total. The highest BCUT2D eigenvalue weighted by molar-refractivity contribution is 7.89. The van der Waals surface area contributed by atoms with E-state index in [1.807, 2.05) is 7.05 Å². The third kappa shape index (κ3) is 4.59. The molecular formula is C19H29N3O5S. The molecule has 1 amide bonds. The molecule has 0 radical (unpaired) electrons.